The van der Waals surface area contributed by atoms with Crippen LogP contribution in [0, 0.1) is 0 Å². The number of ketones is 1. The molecule has 2 amide bonds. The topological polar surface area (TPSA) is 155 Å². The summed E-state index contributed by atoms with van der Waals surface area (Å²) in [6, 6.07) is 2.63. The van der Waals surface area contributed by atoms with Gasteiger partial charge in [0.15, 0.2) is 31.1 Å². The van der Waals surface area contributed by atoms with Crippen LogP contribution in [0.4, 0.5) is 0 Å². The third kappa shape index (κ3) is 4.84. The molecule has 4 rings (SSSR count). The van der Waals surface area contributed by atoms with Gasteiger partial charge in [0, 0.05) is 29.0 Å². The van der Waals surface area contributed by atoms with E-state index in [1.807, 2.05) is 12.1 Å². The van der Waals surface area contributed by atoms with E-state index < -0.39 is 40.7 Å². The van der Waals surface area contributed by atoms with Crippen molar-refractivity contribution >= 4 is 57.0 Å². The molecule has 2 N–H and O–H groups in total. The number of halogens is 1. The van der Waals surface area contributed by atoms with Crippen LogP contribution in [0.25, 0.3) is 11.3 Å². The van der Waals surface area contributed by atoms with Gasteiger partial charge in [-0.1, -0.05) is 21.1 Å². The van der Waals surface area contributed by atoms with Gasteiger partial charge in [0.1, 0.15) is 24.2 Å². The monoisotopic (exact) mass is 564 g/mol. The summed E-state index contributed by atoms with van der Waals surface area (Å²) < 4.78 is 7.06. The molecule has 0 saturated carbocycles. The van der Waals surface area contributed by atoms with Crippen LogP contribution in [0.5, 0.6) is 0 Å². The molecule has 182 valence electrons. The number of carboxylic acid groups (broad SMARTS) is 1. The lowest BCUT2D eigenvalue weighted by atomic mass is 10.0. The predicted octanol–water partition coefficient (Wildman–Crippen LogP) is 0.334. The minimum atomic E-state index is -1.24. The average molecular weight is 565 g/mol. The molecule has 35 heavy (non-hydrogen) atoms. The first-order chi connectivity index (χ1) is 16.8. The highest BCUT2D eigenvalue weighted by Crippen LogP contribution is 2.40. The highest BCUT2D eigenvalue weighted by atomic mass is 79.9. The number of fused-ring (bicyclic) bond motifs is 1. The second-order valence-corrected chi connectivity index (χ2v) is 9.09. The molecule has 2 aromatic heterocycles. The number of amides is 2. The maximum Gasteiger partial charge on any atom is 0.352 e. The van der Waals surface area contributed by atoms with E-state index in [0.29, 0.717) is 17.1 Å². The standard InChI is InChI=1S/C21H18BrN5O7S/c1-33-25-15(13(28)6-22)18(29)24-16-19(30)27-17(21(31)32)12(9-35-20(16)27)8-26-4-2-11(3-5-26)14-7-23-10-34-14/h2-5,7,10,16,20H,6,8-9H2,1H3,(H-,24,29,31,32)/p+1/t16-,20-/m1/s1. The molecule has 4 heterocycles. The Balaban J connectivity index is 1.50. The van der Waals surface area contributed by atoms with E-state index in [2.05, 4.69) is 36.2 Å². The third-order valence-electron chi connectivity index (χ3n) is 5.30. The van der Waals surface area contributed by atoms with Crippen molar-refractivity contribution < 1.29 is 38.1 Å². The van der Waals surface area contributed by atoms with Crippen molar-refractivity contribution in [2.45, 2.75) is 18.0 Å². The lowest BCUT2D eigenvalue weighted by Gasteiger charge is -2.49. The molecule has 2 aromatic rings. The Morgan fingerprint density at radius 3 is 2.74 bits per heavy atom. The quantitative estimate of drug-likeness (QED) is 0.109. The molecule has 0 spiro atoms. The van der Waals surface area contributed by atoms with Crippen molar-refractivity contribution in [1.29, 1.82) is 0 Å². The summed E-state index contributed by atoms with van der Waals surface area (Å²) >= 11 is 4.29. The molecule has 12 nitrogen and oxygen atoms in total. The average Bonchev–Trinajstić information content (AvgIpc) is 3.40. The number of carbonyl (C=O) groups is 4. The number of nitrogens with one attached hydrogen (secondary N) is 1. The molecule has 0 radical (unpaired) electrons. The van der Waals surface area contributed by atoms with Crippen molar-refractivity contribution in [3.8, 4) is 11.3 Å². The van der Waals surface area contributed by atoms with Gasteiger partial charge < -0.3 is 19.7 Å². The summed E-state index contributed by atoms with van der Waals surface area (Å²) in [4.78, 5) is 59.0. The number of aliphatic carboxylic acids is 1. The van der Waals surface area contributed by atoms with Crippen molar-refractivity contribution in [3.05, 3.63) is 48.4 Å². The van der Waals surface area contributed by atoms with Gasteiger partial charge in [-0.25, -0.2) is 14.3 Å². The van der Waals surface area contributed by atoms with E-state index >= 15 is 0 Å². The molecular weight excluding hydrogens is 546 g/mol. The van der Waals surface area contributed by atoms with E-state index in [1.165, 1.54) is 30.2 Å². The number of oxime groups is 1. The molecule has 2 aliphatic heterocycles. The Hall–Kier alpha value is -3.52. The molecule has 1 fully saturated rings. The Bertz CT molecular complexity index is 1230. The number of Topliss-reactive ketones (excluding diaryl/α,β-unsaturated/α-hetero) is 1. The fourth-order valence-corrected chi connectivity index (χ4v) is 5.29. The predicted molar refractivity (Wildman–Crippen MR) is 125 cm³/mol. The van der Waals surface area contributed by atoms with Gasteiger partial charge in [-0.05, 0) is 0 Å². The first-order valence-corrected chi connectivity index (χ1v) is 12.3. The van der Waals surface area contributed by atoms with Gasteiger partial charge in [-0.15, -0.1) is 11.8 Å². The van der Waals surface area contributed by atoms with Crippen LogP contribution in [0.2, 0.25) is 0 Å². The Labute approximate surface area is 211 Å². The number of rotatable bonds is 9. The molecule has 1 saturated heterocycles. The second-order valence-electron chi connectivity index (χ2n) is 7.42. The highest BCUT2D eigenvalue weighted by molar-refractivity contribution is 9.09. The second kappa shape index (κ2) is 10.4. The first kappa shape index (κ1) is 24.6. The summed E-state index contributed by atoms with van der Waals surface area (Å²) in [7, 11) is 1.19. The molecule has 0 unspecified atom stereocenters. The Kier molecular flexibility index (Phi) is 7.31. The number of pyridine rings is 1. The number of alkyl halides is 1. The number of aromatic nitrogens is 2. The van der Waals surface area contributed by atoms with Gasteiger partial charge in [-0.3, -0.25) is 19.3 Å². The fourth-order valence-electron chi connectivity index (χ4n) is 3.69. The summed E-state index contributed by atoms with van der Waals surface area (Å²) in [6.45, 7) is 0.253. The zero-order valence-corrected chi connectivity index (χ0v) is 20.6. The first-order valence-electron chi connectivity index (χ1n) is 10.1. The maximum absolute atomic E-state index is 12.9. The molecule has 0 aromatic carbocycles. The van der Waals surface area contributed by atoms with Gasteiger partial charge >= 0.3 is 5.97 Å². The molecular formula is C21H19BrN5O7S+. The lowest BCUT2D eigenvalue weighted by Crippen LogP contribution is -2.71. The zero-order chi connectivity index (χ0) is 25.1. The minimum Gasteiger partial charge on any atom is -0.477 e. The molecule has 14 heteroatoms. The number of hydrogen-bond donors (Lipinski definition) is 2. The molecule has 2 aliphatic rings. The summed E-state index contributed by atoms with van der Waals surface area (Å²) in [6.07, 6.45) is 6.48. The minimum absolute atomic E-state index is 0.113. The van der Waals surface area contributed by atoms with Crippen LogP contribution in [0.15, 0.2) is 58.0 Å². The zero-order valence-electron chi connectivity index (χ0n) is 18.2. The van der Waals surface area contributed by atoms with Crippen LogP contribution >= 0.6 is 27.7 Å². The normalized spacial score (nSPS) is 19.7. The molecule has 0 bridgehead atoms. The number of carbonyl (C=O) groups excluding carboxylic acids is 3. The van der Waals surface area contributed by atoms with E-state index in [1.54, 1.807) is 23.2 Å². The van der Waals surface area contributed by atoms with E-state index in [9.17, 15) is 24.3 Å². The van der Waals surface area contributed by atoms with E-state index in [0.717, 1.165) is 5.56 Å². The van der Waals surface area contributed by atoms with Gasteiger partial charge in [0.25, 0.3) is 11.8 Å². The van der Waals surface area contributed by atoms with E-state index in [4.69, 9.17) is 4.42 Å². The summed E-state index contributed by atoms with van der Waals surface area (Å²) in [5, 5.41) is 15.0. The largest absolute Gasteiger partial charge is 0.477 e. The lowest BCUT2D eigenvalue weighted by molar-refractivity contribution is -0.689. The fraction of sp³-hybridized carbons (Fsp3) is 0.286. The van der Waals surface area contributed by atoms with Gasteiger partial charge in [-0.2, -0.15) is 0 Å². The third-order valence-corrected chi connectivity index (χ3v) is 7.15. The van der Waals surface area contributed by atoms with Gasteiger partial charge in [0.2, 0.25) is 11.5 Å². The van der Waals surface area contributed by atoms with E-state index in [-0.39, 0.29) is 17.6 Å². The number of oxazole rings is 1. The van der Waals surface area contributed by atoms with Crippen molar-refractivity contribution in [2.24, 2.45) is 5.16 Å². The van der Waals surface area contributed by atoms with Crippen LogP contribution in [0.1, 0.15) is 0 Å². The van der Waals surface area contributed by atoms with Crippen LogP contribution in [-0.4, -0.2) is 73.9 Å². The summed E-state index contributed by atoms with van der Waals surface area (Å²) in [5.74, 6) is -2.38. The van der Waals surface area contributed by atoms with Crippen molar-refractivity contribution in [1.82, 2.24) is 15.2 Å². The Morgan fingerprint density at radius 2 is 2.14 bits per heavy atom. The highest BCUT2D eigenvalue weighted by Gasteiger charge is 2.54. The Morgan fingerprint density at radius 1 is 1.40 bits per heavy atom. The maximum atomic E-state index is 12.9. The smallest absolute Gasteiger partial charge is 0.352 e. The number of nitrogens with zero attached hydrogens (tertiary/aromatic N) is 4. The van der Waals surface area contributed by atoms with Crippen LogP contribution < -0.4 is 9.88 Å². The van der Waals surface area contributed by atoms with Crippen molar-refractivity contribution in [3.63, 3.8) is 0 Å². The molecule has 0 aliphatic carbocycles. The summed E-state index contributed by atoms with van der Waals surface area (Å²) in [5.41, 5.74) is 0.760. The van der Waals surface area contributed by atoms with Crippen LogP contribution in [-0.2, 0) is 30.6 Å². The number of thioether (sulfide) groups is 1. The number of carboxylic acids is 1. The molecule has 2 atom stereocenters. The SMILES string of the molecule is CON=C(C(=O)CBr)C(=O)N[C@@H]1C(=O)N2C(C(=O)O)=C(C[n+]3ccc(-c4cnco4)cc3)CS[C@H]12. The number of β-lactam (4-membered cyclic amide) rings is 1. The number of hydrogen-bond acceptors (Lipinski definition) is 9. The van der Waals surface area contributed by atoms with Crippen molar-refractivity contribution in [2.75, 3.05) is 18.2 Å². The van der Waals surface area contributed by atoms with Crippen LogP contribution in [0.3, 0.4) is 0 Å². The van der Waals surface area contributed by atoms with Gasteiger partial charge in [0.05, 0.1) is 11.5 Å².